The Bertz CT molecular complexity index is 776. The molecule has 2 heterocycles. The van der Waals surface area contributed by atoms with Gasteiger partial charge in [-0.3, -0.25) is 9.69 Å². The van der Waals surface area contributed by atoms with Crippen LogP contribution >= 0.6 is 0 Å². The second-order valence-electron chi connectivity index (χ2n) is 6.60. The maximum Gasteiger partial charge on any atom is 0.270 e. The minimum atomic E-state index is -0.224. The van der Waals surface area contributed by atoms with E-state index in [1.807, 2.05) is 24.3 Å². The van der Waals surface area contributed by atoms with Gasteiger partial charge in [0.1, 0.15) is 23.1 Å². The topological polar surface area (TPSA) is 88.6 Å². The van der Waals surface area contributed by atoms with Gasteiger partial charge in [0.2, 0.25) is 0 Å². The Morgan fingerprint density at radius 1 is 1.21 bits per heavy atom. The SMILES string of the molecule is COc1ccc(CNC(=O)c2cc(NCCN3CCOCC3)nc(C)n2)cc1. The summed E-state index contributed by atoms with van der Waals surface area (Å²) in [6.45, 7) is 7.33. The number of amides is 1. The van der Waals surface area contributed by atoms with Gasteiger partial charge in [-0.05, 0) is 24.6 Å². The van der Waals surface area contributed by atoms with E-state index in [9.17, 15) is 4.79 Å². The van der Waals surface area contributed by atoms with Crippen LogP contribution in [-0.4, -0.2) is 67.3 Å². The molecule has 1 saturated heterocycles. The number of hydrogen-bond acceptors (Lipinski definition) is 7. The van der Waals surface area contributed by atoms with Crippen LogP contribution in [0.1, 0.15) is 21.9 Å². The van der Waals surface area contributed by atoms with E-state index in [4.69, 9.17) is 9.47 Å². The summed E-state index contributed by atoms with van der Waals surface area (Å²) in [5.74, 6) is 1.79. The lowest BCUT2D eigenvalue weighted by molar-refractivity contribution is 0.0398. The third-order valence-electron chi connectivity index (χ3n) is 4.52. The molecule has 2 aromatic rings. The van der Waals surface area contributed by atoms with Gasteiger partial charge < -0.3 is 20.1 Å². The fourth-order valence-electron chi connectivity index (χ4n) is 2.96. The minimum Gasteiger partial charge on any atom is -0.497 e. The van der Waals surface area contributed by atoms with Crippen molar-refractivity contribution in [2.75, 3.05) is 51.8 Å². The Morgan fingerprint density at radius 2 is 1.96 bits per heavy atom. The first kappa shape index (κ1) is 20.0. The zero-order chi connectivity index (χ0) is 19.8. The highest BCUT2D eigenvalue weighted by atomic mass is 16.5. The summed E-state index contributed by atoms with van der Waals surface area (Å²) in [4.78, 5) is 23.5. The molecule has 0 unspecified atom stereocenters. The highest BCUT2D eigenvalue weighted by Crippen LogP contribution is 2.12. The predicted octanol–water partition coefficient (Wildman–Crippen LogP) is 1.47. The van der Waals surface area contributed by atoms with E-state index in [-0.39, 0.29) is 5.91 Å². The van der Waals surface area contributed by atoms with Crippen LogP contribution in [-0.2, 0) is 11.3 Å². The van der Waals surface area contributed by atoms with Gasteiger partial charge in [0.15, 0.2) is 0 Å². The number of ether oxygens (including phenoxy) is 2. The first-order valence-corrected chi connectivity index (χ1v) is 9.45. The second-order valence-corrected chi connectivity index (χ2v) is 6.60. The van der Waals surface area contributed by atoms with Gasteiger partial charge in [-0.1, -0.05) is 12.1 Å². The number of hydrogen-bond donors (Lipinski definition) is 2. The van der Waals surface area contributed by atoms with Gasteiger partial charge in [0.05, 0.1) is 20.3 Å². The molecule has 8 nitrogen and oxygen atoms in total. The molecule has 28 heavy (non-hydrogen) atoms. The van der Waals surface area contributed by atoms with E-state index in [2.05, 4.69) is 25.5 Å². The van der Waals surface area contributed by atoms with E-state index in [0.717, 1.165) is 50.7 Å². The lowest BCUT2D eigenvalue weighted by atomic mass is 10.2. The van der Waals surface area contributed by atoms with Crippen molar-refractivity contribution >= 4 is 11.7 Å². The molecule has 150 valence electrons. The molecule has 1 amide bonds. The highest BCUT2D eigenvalue weighted by molar-refractivity contribution is 5.92. The quantitative estimate of drug-likeness (QED) is 0.711. The third kappa shape index (κ3) is 5.90. The molecule has 1 aromatic carbocycles. The van der Waals surface area contributed by atoms with Crippen LogP contribution in [0.4, 0.5) is 5.82 Å². The molecular formula is C20H27N5O3. The lowest BCUT2D eigenvalue weighted by Gasteiger charge is -2.26. The number of nitrogens with zero attached hydrogens (tertiary/aromatic N) is 3. The van der Waals surface area contributed by atoms with Crippen LogP contribution in [0.3, 0.4) is 0 Å². The van der Waals surface area contributed by atoms with Gasteiger partial charge in [0, 0.05) is 38.8 Å². The molecular weight excluding hydrogens is 358 g/mol. The zero-order valence-electron chi connectivity index (χ0n) is 16.4. The van der Waals surface area contributed by atoms with Crippen molar-refractivity contribution in [1.82, 2.24) is 20.2 Å². The fourth-order valence-corrected chi connectivity index (χ4v) is 2.96. The Labute approximate surface area is 165 Å². The number of carbonyl (C=O) groups excluding carboxylic acids is 1. The molecule has 1 aliphatic heterocycles. The second kappa shape index (κ2) is 10.0. The number of aryl methyl sites for hydroxylation is 1. The summed E-state index contributed by atoms with van der Waals surface area (Å²) in [5, 5.41) is 6.18. The molecule has 0 spiro atoms. The first-order valence-electron chi connectivity index (χ1n) is 9.45. The highest BCUT2D eigenvalue weighted by Gasteiger charge is 2.12. The van der Waals surface area contributed by atoms with Crippen molar-refractivity contribution < 1.29 is 14.3 Å². The molecule has 0 bridgehead atoms. The average Bonchev–Trinajstić information content (AvgIpc) is 2.73. The van der Waals surface area contributed by atoms with Crippen LogP contribution in [0.2, 0.25) is 0 Å². The number of anilines is 1. The number of rotatable bonds is 8. The van der Waals surface area contributed by atoms with Crippen LogP contribution in [0.15, 0.2) is 30.3 Å². The number of benzene rings is 1. The molecule has 0 atom stereocenters. The Kier molecular flexibility index (Phi) is 7.16. The van der Waals surface area contributed by atoms with E-state index in [0.29, 0.717) is 23.9 Å². The largest absolute Gasteiger partial charge is 0.497 e. The summed E-state index contributed by atoms with van der Waals surface area (Å²) < 4.78 is 10.5. The Balaban J connectivity index is 1.52. The van der Waals surface area contributed by atoms with Gasteiger partial charge in [-0.15, -0.1) is 0 Å². The average molecular weight is 385 g/mol. The maximum absolute atomic E-state index is 12.5. The Morgan fingerprint density at radius 3 is 2.68 bits per heavy atom. The van der Waals surface area contributed by atoms with Crippen molar-refractivity contribution in [3.8, 4) is 5.75 Å². The van der Waals surface area contributed by atoms with Crippen LogP contribution < -0.4 is 15.4 Å². The number of aromatic nitrogens is 2. The normalized spacial score (nSPS) is 14.5. The molecule has 3 rings (SSSR count). The third-order valence-corrected chi connectivity index (χ3v) is 4.52. The van der Waals surface area contributed by atoms with Gasteiger partial charge >= 0.3 is 0 Å². The molecule has 1 aliphatic rings. The van der Waals surface area contributed by atoms with Crippen molar-refractivity contribution in [2.45, 2.75) is 13.5 Å². The van der Waals surface area contributed by atoms with Gasteiger partial charge in [-0.2, -0.15) is 0 Å². The summed E-state index contributed by atoms with van der Waals surface area (Å²) in [5.41, 5.74) is 1.35. The van der Waals surface area contributed by atoms with E-state index < -0.39 is 0 Å². The summed E-state index contributed by atoms with van der Waals surface area (Å²) in [6.07, 6.45) is 0. The molecule has 8 heteroatoms. The number of morpholine rings is 1. The molecule has 0 saturated carbocycles. The lowest BCUT2D eigenvalue weighted by Crippen LogP contribution is -2.39. The fraction of sp³-hybridized carbons (Fsp3) is 0.450. The van der Waals surface area contributed by atoms with Gasteiger partial charge in [-0.25, -0.2) is 9.97 Å². The summed E-state index contributed by atoms with van der Waals surface area (Å²) >= 11 is 0. The standard InChI is InChI=1S/C20H27N5O3/c1-15-23-18(20(26)22-14-16-3-5-17(27-2)6-4-16)13-19(24-15)21-7-8-25-9-11-28-12-10-25/h3-6,13H,7-12,14H2,1-2H3,(H,22,26)(H,21,23,24). The van der Waals surface area contributed by atoms with Crippen molar-refractivity contribution in [1.29, 1.82) is 0 Å². The van der Waals surface area contributed by atoms with Crippen molar-refractivity contribution in [3.05, 3.63) is 47.4 Å². The number of nitrogens with one attached hydrogen (secondary N) is 2. The minimum absolute atomic E-state index is 0.224. The van der Waals surface area contributed by atoms with E-state index in [1.54, 1.807) is 20.1 Å². The van der Waals surface area contributed by atoms with E-state index in [1.165, 1.54) is 0 Å². The van der Waals surface area contributed by atoms with Gasteiger partial charge in [0.25, 0.3) is 5.91 Å². The van der Waals surface area contributed by atoms with E-state index >= 15 is 0 Å². The molecule has 0 aliphatic carbocycles. The monoisotopic (exact) mass is 385 g/mol. The smallest absolute Gasteiger partial charge is 0.270 e. The molecule has 0 radical (unpaired) electrons. The van der Waals surface area contributed by atoms with Crippen LogP contribution in [0, 0.1) is 6.92 Å². The van der Waals surface area contributed by atoms with Crippen LogP contribution in [0.25, 0.3) is 0 Å². The van der Waals surface area contributed by atoms with Crippen molar-refractivity contribution in [2.24, 2.45) is 0 Å². The summed E-state index contributed by atoms with van der Waals surface area (Å²) in [7, 11) is 1.63. The first-order chi connectivity index (χ1) is 13.6. The molecule has 1 fully saturated rings. The van der Waals surface area contributed by atoms with Crippen molar-refractivity contribution in [3.63, 3.8) is 0 Å². The Hall–Kier alpha value is -2.71. The maximum atomic E-state index is 12.5. The molecule has 1 aromatic heterocycles. The zero-order valence-corrected chi connectivity index (χ0v) is 16.4. The molecule has 2 N–H and O–H groups in total. The van der Waals surface area contributed by atoms with Crippen LogP contribution in [0.5, 0.6) is 5.75 Å². The number of carbonyl (C=O) groups is 1. The predicted molar refractivity (Wildman–Crippen MR) is 107 cm³/mol. The number of methoxy groups -OCH3 is 1. The summed E-state index contributed by atoms with van der Waals surface area (Å²) in [6, 6.07) is 9.27.